The van der Waals surface area contributed by atoms with Crippen molar-refractivity contribution in [2.45, 2.75) is 6.92 Å². The van der Waals surface area contributed by atoms with Gasteiger partial charge in [-0.25, -0.2) is 4.98 Å². The van der Waals surface area contributed by atoms with Gasteiger partial charge < -0.3 is 5.73 Å². The molecule has 2 aromatic heterocycles. The predicted octanol–water partition coefficient (Wildman–Crippen LogP) is 3.33. The second-order valence-electron chi connectivity index (χ2n) is 4.79. The van der Waals surface area contributed by atoms with Crippen LogP contribution in [0.15, 0.2) is 36.5 Å². The van der Waals surface area contributed by atoms with Crippen molar-refractivity contribution in [1.29, 1.82) is 0 Å². The molecule has 0 aliphatic carbocycles. The zero-order valence-corrected chi connectivity index (χ0v) is 12.4. The highest BCUT2D eigenvalue weighted by molar-refractivity contribution is 7.21. The molecule has 0 bridgehead atoms. The lowest BCUT2D eigenvalue weighted by Gasteiger charge is -2.00. The molecule has 7 heteroatoms. The molecule has 0 spiro atoms. The fourth-order valence-electron chi connectivity index (χ4n) is 2.24. The van der Waals surface area contributed by atoms with E-state index >= 15 is 0 Å². The molecule has 3 rings (SSSR count). The smallest absolute Gasteiger partial charge is 0.269 e. The van der Waals surface area contributed by atoms with Gasteiger partial charge >= 0.3 is 0 Å². The van der Waals surface area contributed by atoms with Crippen molar-refractivity contribution in [2.24, 2.45) is 0 Å². The first-order valence-corrected chi connectivity index (χ1v) is 7.23. The van der Waals surface area contributed by atoms with Gasteiger partial charge in [0, 0.05) is 29.3 Å². The van der Waals surface area contributed by atoms with E-state index < -0.39 is 4.92 Å². The van der Waals surface area contributed by atoms with Crippen molar-refractivity contribution >= 4 is 38.7 Å². The van der Waals surface area contributed by atoms with Gasteiger partial charge in [-0.05, 0) is 30.7 Å². The Morgan fingerprint density at radius 1 is 1.27 bits per heavy atom. The number of rotatable bonds is 3. The number of carbonyl (C=O) groups is 1. The van der Waals surface area contributed by atoms with Crippen LogP contribution in [0.4, 0.5) is 11.4 Å². The summed E-state index contributed by atoms with van der Waals surface area (Å²) in [6.07, 6.45) is 1.67. The van der Waals surface area contributed by atoms with Crippen molar-refractivity contribution in [3.05, 3.63) is 62.6 Å². The van der Waals surface area contributed by atoms with E-state index in [0.717, 1.165) is 10.9 Å². The van der Waals surface area contributed by atoms with E-state index in [1.807, 2.05) is 13.0 Å². The number of nitrogen functional groups attached to an aromatic ring is 1. The van der Waals surface area contributed by atoms with Crippen molar-refractivity contribution in [3.8, 4) is 0 Å². The van der Waals surface area contributed by atoms with Crippen LogP contribution in [0.25, 0.3) is 10.2 Å². The number of hydrogen-bond acceptors (Lipinski definition) is 6. The number of carbonyl (C=O) groups excluding carboxylic acids is 1. The molecule has 110 valence electrons. The van der Waals surface area contributed by atoms with Gasteiger partial charge in [0.25, 0.3) is 5.69 Å². The monoisotopic (exact) mass is 313 g/mol. The van der Waals surface area contributed by atoms with Gasteiger partial charge in [-0.1, -0.05) is 0 Å². The fourth-order valence-corrected chi connectivity index (χ4v) is 3.34. The van der Waals surface area contributed by atoms with E-state index in [9.17, 15) is 14.9 Å². The van der Waals surface area contributed by atoms with E-state index in [-0.39, 0.29) is 11.5 Å². The predicted molar refractivity (Wildman–Crippen MR) is 85.3 cm³/mol. The number of nitrogens with two attached hydrogens (primary N) is 1. The maximum atomic E-state index is 12.6. The summed E-state index contributed by atoms with van der Waals surface area (Å²) in [7, 11) is 0. The highest BCUT2D eigenvalue weighted by Crippen LogP contribution is 2.35. The third-order valence-electron chi connectivity index (χ3n) is 3.38. The van der Waals surface area contributed by atoms with Crippen LogP contribution < -0.4 is 5.73 Å². The maximum Gasteiger partial charge on any atom is 0.269 e. The summed E-state index contributed by atoms with van der Waals surface area (Å²) in [6.45, 7) is 1.91. The van der Waals surface area contributed by atoms with Crippen LogP contribution >= 0.6 is 11.3 Å². The standard InChI is InChI=1S/C15H11N3O3S/c1-8-6-7-17-15-11(8)12(16)14(22-15)13(19)9-2-4-10(5-3-9)18(20)21/h2-7H,16H2,1H3. The lowest BCUT2D eigenvalue weighted by molar-refractivity contribution is -0.384. The Balaban J connectivity index is 2.07. The third kappa shape index (κ3) is 2.21. The molecular weight excluding hydrogens is 302 g/mol. The molecule has 0 aliphatic heterocycles. The summed E-state index contributed by atoms with van der Waals surface area (Å²) in [5, 5.41) is 11.4. The van der Waals surface area contributed by atoms with Crippen molar-refractivity contribution in [3.63, 3.8) is 0 Å². The number of anilines is 1. The number of fused-ring (bicyclic) bond motifs is 1. The van der Waals surface area contributed by atoms with Gasteiger partial charge in [0.1, 0.15) is 9.71 Å². The second kappa shape index (κ2) is 5.19. The summed E-state index contributed by atoms with van der Waals surface area (Å²) < 4.78 is 0. The second-order valence-corrected chi connectivity index (χ2v) is 5.79. The number of aryl methyl sites for hydroxylation is 1. The maximum absolute atomic E-state index is 12.6. The van der Waals surface area contributed by atoms with Crippen LogP contribution in [-0.2, 0) is 0 Å². The number of nitrogens with zero attached hydrogens (tertiary/aromatic N) is 2. The van der Waals surface area contributed by atoms with Crippen LogP contribution in [0.3, 0.4) is 0 Å². The molecular formula is C15H11N3O3S. The molecule has 1 aromatic carbocycles. The number of non-ortho nitro benzene ring substituents is 1. The largest absolute Gasteiger partial charge is 0.397 e. The van der Waals surface area contributed by atoms with Crippen molar-refractivity contribution in [1.82, 2.24) is 4.98 Å². The van der Waals surface area contributed by atoms with E-state index in [2.05, 4.69) is 4.98 Å². The highest BCUT2D eigenvalue weighted by atomic mass is 32.1. The molecule has 22 heavy (non-hydrogen) atoms. The first kappa shape index (κ1) is 14.2. The molecule has 0 atom stereocenters. The van der Waals surface area contributed by atoms with Crippen LogP contribution in [0.2, 0.25) is 0 Å². The summed E-state index contributed by atoms with van der Waals surface area (Å²) >= 11 is 1.23. The first-order chi connectivity index (χ1) is 10.5. The summed E-state index contributed by atoms with van der Waals surface area (Å²) in [5.74, 6) is -0.255. The van der Waals surface area contributed by atoms with Crippen molar-refractivity contribution in [2.75, 3.05) is 5.73 Å². The van der Waals surface area contributed by atoms with Crippen molar-refractivity contribution < 1.29 is 9.72 Å². The number of pyridine rings is 1. The lowest BCUT2D eigenvalue weighted by Crippen LogP contribution is -2.02. The number of ketones is 1. The number of benzene rings is 1. The van der Waals surface area contributed by atoms with Crippen LogP contribution in [-0.4, -0.2) is 15.7 Å². The summed E-state index contributed by atoms with van der Waals surface area (Å²) in [6, 6.07) is 7.32. The van der Waals surface area contributed by atoms with Gasteiger partial charge in [-0.3, -0.25) is 14.9 Å². The minimum absolute atomic E-state index is 0.0571. The minimum atomic E-state index is -0.505. The average molecular weight is 313 g/mol. The zero-order chi connectivity index (χ0) is 15.9. The van der Waals surface area contributed by atoms with E-state index in [4.69, 9.17) is 5.73 Å². The highest BCUT2D eigenvalue weighted by Gasteiger charge is 2.20. The van der Waals surface area contributed by atoms with Crippen LogP contribution in [0.5, 0.6) is 0 Å². The summed E-state index contributed by atoms with van der Waals surface area (Å²) in [4.78, 5) is 28.1. The van der Waals surface area contributed by atoms with Crippen LogP contribution in [0.1, 0.15) is 20.8 Å². The van der Waals surface area contributed by atoms with Gasteiger partial charge in [-0.2, -0.15) is 0 Å². The molecule has 0 fully saturated rings. The molecule has 0 radical (unpaired) electrons. The van der Waals surface area contributed by atoms with Gasteiger partial charge in [0.05, 0.1) is 10.6 Å². The molecule has 2 heterocycles. The Morgan fingerprint density at radius 3 is 2.55 bits per heavy atom. The number of hydrogen-bond donors (Lipinski definition) is 1. The Hall–Kier alpha value is -2.80. The Labute approximate surface area is 129 Å². The molecule has 0 aliphatic rings. The average Bonchev–Trinajstić information content (AvgIpc) is 2.85. The number of aromatic nitrogens is 1. The molecule has 0 unspecified atom stereocenters. The lowest BCUT2D eigenvalue weighted by atomic mass is 10.1. The van der Waals surface area contributed by atoms with E-state index in [0.29, 0.717) is 21.0 Å². The Kier molecular flexibility index (Phi) is 3.34. The first-order valence-electron chi connectivity index (χ1n) is 6.41. The SMILES string of the molecule is Cc1ccnc2sc(C(=O)c3ccc([N+](=O)[O-])cc3)c(N)c12. The molecule has 0 saturated heterocycles. The molecule has 0 amide bonds. The Bertz CT molecular complexity index is 900. The topological polar surface area (TPSA) is 99.1 Å². The normalized spacial score (nSPS) is 10.8. The van der Waals surface area contributed by atoms with Gasteiger partial charge in [-0.15, -0.1) is 11.3 Å². The van der Waals surface area contributed by atoms with E-state index in [1.54, 1.807) is 6.20 Å². The number of nitro groups is 1. The number of thiophene rings is 1. The molecule has 3 aromatic rings. The minimum Gasteiger partial charge on any atom is -0.397 e. The molecule has 2 N–H and O–H groups in total. The molecule has 0 saturated carbocycles. The molecule has 6 nitrogen and oxygen atoms in total. The Morgan fingerprint density at radius 2 is 1.95 bits per heavy atom. The fraction of sp³-hybridized carbons (Fsp3) is 0.0667. The van der Waals surface area contributed by atoms with Gasteiger partial charge in [0.15, 0.2) is 0 Å². The third-order valence-corrected chi connectivity index (χ3v) is 4.50. The number of nitro benzene ring substituents is 1. The van der Waals surface area contributed by atoms with E-state index in [1.165, 1.54) is 35.6 Å². The van der Waals surface area contributed by atoms with Crippen LogP contribution in [0, 0.1) is 17.0 Å². The quantitative estimate of drug-likeness (QED) is 0.454. The zero-order valence-electron chi connectivity index (χ0n) is 11.6. The van der Waals surface area contributed by atoms with Gasteiger partial charge in [0.2, 0.25) is 5.78 Å². The summed E-state index contributed by atoms with van der Waals surface area (Å²) in [5.41, 5.74) is 7.77.